The first kappa shape index (κ1) is 22.6. The highest BCUT2D eigenvalue weighted by Crippen LogP contribution is 2.45. The van der Waals surface area contributed by atoms with E-state index in [0.29, 0.717) is 0 Å². The summed E-state index contributed by atoms with van der Waals surface area (Å²) in [6.07, 6.45) is 4.67. The number of nitrogens with zero attached hydrogens (tertiary/aromatic N) is 2. The minimum Gasteiger partial charge on any atom is -0.497 e. The molecule has 1 atom stereocenters. The van der Waals surface area contributed by atoms with Gasteiger partial charge in [0.2, 0.25) is 0 Å². The van der Waals surface area contributed by atoms with E-state index >= 15 is 0 Å². The molecular weight excluding hydrogens is 424 g/mol. The minimum absolute atomic E-state index is 0.244. The molecule has 2 aliphatic heterocycles. The first-order chi connectivity index (χ1) is 16.7. The molecule has 5 rings (SSSR count). The Morgan fingerprint density at radius 2 is 1.47 bits per heavy atom. The van der Waals surface area contributed by atoms with Crippen LogP contribution in [0.15, 0.2) is 66.7 Å². The molecule has 0 N–H and O–H groups in total. The SMILES string of the molecule is COc1ccc(C2CCc3cc(OC)ccc3N2c2ccc(OCCN3CCCC3)cc2)cc1. The third-order valence-corrected chi connectivity index (χ3v) is 7.04. The van der Waals surface area contributed by atoms with Crippen molar-refractivity contribution in [2.24, 2.45) is 0 Å². The number of aryl methyl sites for hydroxylation is 1. The molecule has 3 aromatic carbocycles. The first-order valence-corrected chi connectivity index (χ1v) is 12.3. The molecule has 0 aliphatic carbocycles. The fraction of sp³-hybridized carbons (Fsp3) is 0.379. The smallest absolute Gasteiger partial charge is 0.119 e. The molecule has 0 aromatic heterocycles. The fourth-order valence-electron chi connectivity index (χ4n) is 5.18. The summed E-state index contributed by atoms with van der Waals surface area (Å²) in [5.41, 5.74) is 5.00. The zero-order valence-corrected chi connectivity index (χ0v) is 20.2. The number of benzene rings is 3. The molecule has 34 heavy (non-hydrogen) atoms. The molecule has 0 amide bonds. The lowest BCUT2D eigenvalue weighted by molar-refractivity contribution is 0.238. The van der Waals surface area contributed by atoms with Gasteiger partial charge >= 0.3 is 0 Å². The minimum atomic E-state index is 0.244. The van der Waals surface area contributed by atoms with Crippen molar-refractivity contribution in [3.05, 3.63) is 77.9 Å². The van der Waals surface area contributed by atoms with Crippen molar-refractivity contribution >= 4 is 11.4 Å². The summed E-state index contributed by atoms with van der Waals surface area (Å²) in [5.74, 6) is 2.71. The van der Waals surface area contributed by atoms with Crippen LogP contribution in [0, 0.1) is 0 Å². The number of fused-ring (bicyclic) bond motifs is 1. The van der Waals surface area contributed by atoms with Crippen molar-refractivity contribution in [2.75, 3.05) is 45.4 Å². The molecule has 0 spiro atoms. The third kappa shape index (κ3) is 4.85. The highest BCUT2D eigenvalue weighted by atomic mass is 16.5. The summed E-state index contributed by atoms with van der Waals surface area (Å²) in [4.78, 5) is 4.93. The molecule has 3 aromatic rings. The van der Waals surface area contributed by atoms with Gasteiger partial charge in [0.15, 0.2) is 0 Å². The van der Waals surface area contributed by atoms with Crippen LogP contribution in [-0.4, -0.2) is 45.4 Å². The second kappa shape index (κ2) is 10.4. The van der Waals surface area contributed by atoms with Crippen LogP contribution in [0.2, 0.25) is 0 Å². The molecule has 2 aliphatic rings. The molecule has 0 radical (unpaired) electrons. The van der Waals surface area contributed by atoms with E-state index in [0.717, 1.165) is 43.2 Å². The van der Waals surface area contributed by atoms with E-state index in [1.807, 2.05) is 12.1 Å². The summed E-state index contributed by atoms with van der Waals surface area (Å²) < 4.78 is 16.9. The Morgan fingerprint density at radius 1 is 0.794 bits per heavy atom. The molecule has 178 valence electrons. The van der Waals surface area contributed by atoms with Crippen molar-refractivity contribution in [3.63, 3.8) is 0 Å². The monoisotopic (exact) mass is 458 g/mol. The van der Waals surface area contributed by atoms with Gasteiger partial charge in [-0.3, -0.25) is 4.90 Å². The quantitative estimate of drug-likeness (QED) is 0.413. The van der Waals surface area contributed by atoms with E-state index in [4.69, 9.17) is 14.2 Å². The zero-order valence-electron chi connectivity index (χ0n) is 20.2. The predicted octanol–water partition coefficient (Wildman–Crippen LogP) is 6.00. The van der Waals surface area contributed by atoms with Gasteiger partial charge in [0, 0.05) is 17.9 Å². The van der Waals surface area contributed by atoms with Gasteiger partial charge in [-0.2, -0.15) is 0 Å². The number of anilines is 2. The molecule has 0 bridgehead atoms. The van der Waals surface area contributed by atoms with Gasteiger partial charge in [0.05, 0.1) is 20.3 Å². The van der Waals surface area contributed by atoms with Gasteiger partial charge in [-0.05, 0) is 104 Å². The average molecular weight is 459 g/mol. The first-order valence-electron chi connectivity index (χ1n) is 12.3. The van der Waals surface area contributed by atoms with Crippen LogP contribution < -0.4 is 19.1 Å². The van der Waals surface area contributed by atoms with E-state index in [2.05, 4.69) is 64.4 Å². The van der Waals surface area contributed by atoms with E-state index in [1.54, 1.807) is 14.2 Å². The fourth-order valence-corrected chi connectivity index (χ4v) is 5.18. The molecule has 5 nitrogen and oxygen atoms in total. The lowest BCUT2D eigenvalue weighted by Gasteiger charge is -2.39. The lowest BCUT2D eigenvalue weighted by atomic mass is 9.90. The topological polar surface area (TPSA) is 34.2 Å². The van der Waals surface area contributed by atoms with Crippen molar-refractivity contribution in [1.29, 1.82) is 0 Å². The molecular formula is C29H34N2O3. The predicted molar refractivity (Wildman–Crippen MR) is 137 cm³/mol. The van der Waals surface area contributed by atoms with Gasteiger partial charge in [0.1, 0.15) is 23.9 Å². The van der Waals surface area contributed by atoms with Gasteiger partial charge in [-0.1, -0.05) is 12.1 Å². The van der Waals surface area contributed by atoms with Crippen molar-refractivity contribution in [1.82, 2.24) is 4.90 Å². The van der Waals surface area contributed by atoms with E-state index in [9.17, 15) is 0 Å². The molecule has 1 unspecified atom stereocenters. The van der Waals surface area contributed by atoms with Crippen LogP contribution in [0.1, 0.15) is 36.4 Å². The van der Waals surface area contributed by atoms with Gasteiger partial charge in [0.25, 0.3) is 0 Å². The number of likely N-dealkylation sites (tertiary alicyclic amines) is 1. The second-order valence-electron chi connectivity index (χ2n) is 9.08. The Morgan fingerprint density at radius 3 is 2.18 bits per heavy atom. The highest BCUT2D eigenvalue weighted by molar-refractivity contribution is 5.71. The van der Waals surface area contributed by atoms with Crippen LogP contribution in [0.3, 0.4) is 0 Å². The van der Waals surface area contributed by atoms with Crippen LogP contribution in [0.4, 0.5) is 11.4 Å². The standard InChI is InChI=1S/C29H34N2O3/c1-32-25-10-5-22(6-11-25)28-15-7-23-21-27(33-2)14-16-29(23)31(28)24-8-12-26(13-9-24)34-20-19-30-17-3-4-18-30/h5-6,8-14,16,21,28H,3-4,7,15,17-20H2,1-2H3. The normalized spacial score (nSPS) is 17.9. The maximum absolute atomic E-state index is 6.06. The maximum Gasteiger partial charge on any atom is 0.119 e. The average Bonchev–Trinajstić information content (AvgIpc) is 3.42. The zero-order chi connectivity index (χ0) is 23.3. The Kier molecular flexibility index (Phi) is 6.91. The van der Waals surface area contributed by atoms with E-state index in [1.165, 1.54) is 48.4 Å². The summed E-state index contributed by atoms with van der Waals surface area (Å²) >= 11 is 0. The largest absolute Gasteiger partial charge is 0.497 e. The van der Waals surface area contributed by atoms with Crippen molar-refractivity contribution in [3.8, 4) is 17.2 Å². The maximum atomic E-state index is 6.06. The molecule has 2 heterocycles. The number of rotatable bonds is 8. The third-order valence-electron chi connectivity index (χ3n) is 7.04. The summed E-state index contributed by atoms with van der Waals surface area (Å²) in [6.45, 7) is 4.14. The number of hydrogen-bond acceptors (Lipinski definition) is 5. The van der Waals surface area contributed by atoms with Crippen LogP contribution in [-0.2, 0) is 6.42 Å². The summed E-state index contributed by atoms with van der Waals surface area (Å²) in [5, 5.41) is 0. The van der Waals surface area contributed by atoms with Crippen LogP contribution >= 0.6 is 0 Å². The van der Waals surface area contributed by atoms with E-state index in [-0.39, 0.29) is 6.04 Å². The molecule has 1 fully saturated rings. The van der Waals surface area contributed by atoms with E-state index < -0.39 is 0 Å². The summed E-state index contributed by atoms with van der Waals surface area (Å²) in [7, 11) is 3.44. The van der Waals surface area contributed by atoms with Crippen molar-refractivity contribution < 1.29 is 14.2 Å². The van der Waals surface area contributed by atoms with Crippen LogP contribution in [0.25, 0.3) is 0 Å². The van der Waals surface area contributed by atoms with Gasteiger partial charge < -0.3 is 19.1 Å². The highest BCUT2D eigenvalue weighted by Gasteiger charge is 2.29. The second-order valence-corrected chi connectivity index (χ2v) is 9.08. The number of ether oxygens (including phenoxy) is 3. The summed E-state index contributed by atoms with van der Waals surface area (Å²) in [6, 6.07) is 23.7. The van der Waals surface area contributed by atoms with Gasteiger partial charge in [-0.15, -0.1) is 0 Å². The molecule has 1 saturated heterocycles. The molecule has 5 heteroatoms. The lowest BCUT2D eigenvalue weighted by Crippen LogP contribution is -2.29. The van der Waals surface area contributed by atoms with Crippen molar-refractivity contribution in [2.45, 2.75) is 31.7 Å². The Hall–Kier alpha value is -3.18. The Balaban J connectivity index is 1.40. The van der Waals surface area contributed by atoms with Gasteiger partial charge in [-0.25, -0.2) is 0 Å². The Bertz CT molecular complexity index is 1080. The number of methoxy groups -OCH3 is 2. The molecule has 0 saturated carbocycles. The number of hydrogen-bond donors (Lipinski definition) is 0. The Labute approximate surface area is 202 Å². The van der Waals surface area contributed by atoms with Crippen LogP contribution in [0.5, 0.6) is 17.2 Å².